The Labute approximate surface area is 179 Å². The first-order valence-corrected chi connectivity index (χ1v) is 10.0. The summed E-state index contributed by atoms with van der Waals surface area (Å²) in [7, 11) is 0. The first-order chi connectivity index (χ1) is 14.7. The lowest BCUT2D eigenvalue weighted by Crippen LogP contribution is -2.19. The van der Waals surface area contributed by atoms with Gasteiger partial charge in [-0.15, -0.1) is 6.58 Å². The lowest BCUT2D eigenvalue weighted by Gasteiger charge is -2.02. The van der Waals surface area contributed by atoms with E-state index in [1.165, 1.54) is 10.9 Å². The molecule has 0 radical (unpaired) electrons. The summed E-state index contributed by atoms with van der Waals surface area (Å²) in [6.07, 6.45) is 4.86. The molecule has 0 aliphatic heterocycles. The molecule has 5 rings (SSSR count). The zero-order chi connectivity index (χ0) is 20.7. The molecule has 0 aliphatic carbocycles. The van der Waals surface area contributed by atoms with Crippen LogP contribution in [0, 0.1) is 0 Å². The molecule has 0 fully saturated rings. The van der Waals surface area contributed by atoms with Gasteiger partial charge in [0.05, 0.1) is 17.2 Å². The fourth-order valence-electron chi connectivity index (χ4n) is 3.34. The Bertz CT molecular complexity index is 1530. The largest absolute Gasteiger partial charge is 0.295 e. The fourth-order valence-corrected chi connectivity index (χ4v) is 3.76. The van der Waals surface area contributed by atoms with E-state index in [9.17, 15) is 4.79 Å². The van der Waals surface area contributed by atoms with Crippen LogP contribution < -0.4 is 5.56 Å². The Morgan fingerprint density at radius 3 is 2.63 bits per heavy atom. The topological polar surface area (TPSA) is 78.0 Å². The average molecular weight is 459 g/mol. The van der Waals surface area contributed by atoms with Gasteiger partial charge in [0.1, 0.15) is 17.2 Å². The molecule has 146 valence electrons. The molecule has 2 aromatic carbocycles. The van der Waals surface area contributed by atoms with E-state index >= 15 is 0 Å². The van der Waals surface area contributed by atoms with E-state index in [0.29, 0.717) is 34.3 Å². The fraction of sp³-hybridized carbons (Fsp3) is 0.0455. The second-order valence-corrected chi connectivity index (χ2v) is 7.60. The van der Waals surface area contributed by atoms with Gasteiger partial charge in [0.25, 0.3) is 5.56 Å². The lowest BCUT2D eigenvalue weighted by atomic mass is 10.2. The van der Waals surface area contributed by atoms with Crippen LogP contribution in [0.5, 0.6) is 0 Å². The number of fused-ring (bicyclic) bond motifs is 4. The van der Waals surface area contributed by atoms with Crippen LogP contribution in [0.3, 0.4) is 0 Å². The maximum atomic E-state index is 13.1. The number of para-hydroxylation sites is 2. The number of hydrogen-bond acceptors (Lipinski definition) is 5. The average Bonchev–Trinajstić information content (AvgIpc) is 3.06. The van der Waals surface area contributed by atoms with E-state index in [0.717, 1.165) is 15.6 Å². The number of hydrogen-bond donors (Lipinski definition) is 0. The van der Waals surface area contributed by atoms with Gasteiger partial charge < -0.3 is 0 Å². The second kappa shape index (κ2) is 7.31. The Kier molecular flexibility index (Phi) is 4.48. The van der Waals surface area contributed by atoms with Crippen LogP contribution in [0.15, 0.2) is 81.9 Å². The first-order valence-electron chi connectivity index (χ1n) is 9.23. The highest BCUT2D eigenvalue weighted by molar-refractivity contribution is 9.10. The normalized spacial score (nSPS) is 11.8. The van der Waals surface area contributed by atoms with Gasteiger partial charge in [0, 0.05) is 11.0 Å². The third-order valence-electron chi connectivity index (χ3n) is 4.70. The number of rotatable bonds is 4. The van der Waals surface area contributed by atoms with Gasteiger partial charge in [-0.25, -0.2) is 15.0 Å². The molecule has 0 bridgehead atoms. The molecule has 0 amide bonds. The van der Waals surface area contributed by atoms with E-state index in [2.05, 4.69) is 32.6 Å². The molecule has 0 saturated carbocycles. The molecule has 7 nitrogen and oxygen atoms in total. The minimum atomic E-state index is -0.203. The minimum absolute atomic E-state index is 0.203. The molecule has 0 N–H and O–H groups in total. The molecule has 0 atom stereocenters. The SMILES string of the molecule is C=CCn1cnc2c(c1=O)c1nc3ccccc3nc1n2/N=C/c1cccc(Br)c1. The van der Waals surface area contributed by atoms with Gasteiger partial charge in [-0.2, -0.15) is 9.78 Å². The quantitative estimate of drug-likeness (QED) is 0.299. The molecular formula is C22H15BrN6O. The Morgan fingerprint density at radius 1 is 1.07 bits per heavy atom. The number of aromatic nitrogens is 5. The van der Waals surface area contributed by atoms with Gasteiger partial charge in [0.15, 0.2) is 11.3 Å². The van der Waals surface area contributed by atoms with E-state index in [1.54, 1.807) is 17.0 Å². The maximum absolute atomic E-state index is 13.1. The molecule has 0 aliphatic rings. The highest BCUT2D eigenvalue weighted by Crippen LogP contribution is 2.25. The second-order valence-electron chi connectivity index (χ2n) is 6.69. The van der Waals surface area contributed by atoms with Gasteiger partial charge in [-0.1, -0.05) is 46.3 Å². The van der Waals surface area contributed by atoms with E-state index in [1.807, 2.05) is 48.5 Å². The number of nitrogens with zero attached hydrogens (tertiary/aromatic N) is 6. The molecule has 0 spiro atoms. The van der Waals surface area contributed by atoms with Crippen LogP contribution in [0.4, 0.5) is 0 Å². The van der Waals surface area contributed by atoms with E-state index in [-0.39, 0.29) is 5.56 Å². The number of halogens is 1. The predicted octanol–water partition coefficient (Wildman–Crippen LogP) is 4.13. The van der Waals surface area contributed by atoms with Crippen molar-refractivity contribution in [1.29, 1.82) is 0 Å². The van der Waals surface area contributed by atoms with Crippen LogP contribution in [-0.4, -0.2) is 30.4 Å². The van der Waals surface area contributed by atoms with Crippen molar-refractivity contribution in [3.05, 3.63) is 87.9 Å². The standard InChI is InChI=1S/C22H15BrN6O/c1-2-10-28-13-24-20-18(22(28)30)19-21(27-17-9-4-3-8-16(17)26-19)29(20)25-12-14-6-5-7-15(23)11-14/h2-9,11-13H,1,10H2/b25-12+. The van der Waals surface area contributed by atoms with Crippen LogP contribution in [-0.2, 0) is 6.54 Å². The molecule has 0 saturated heterocycles. The Morgan fingerprint density at radius 2 is 1.87 bits per heavy atom. The summed E-state index contributed by atoms with van der Waals surface area (Å²) in [5, 5.41) is 4.98. The van der Waals surface area contributed by atoms with Gasteiger partial charge >= 0.3 is 0 Å². The monoisotopic (exact) mass is 458 g/mol. The lowest BCUT2D eigenvalue weighted by molar-refractivity contribution is 0.763. The van der Waals surface area contributed by atoms with Crippen LogP contribution >= 0.6 is 15.9 Å². The molecular weight excluding hydrogens is 444 g/mol. The molecule has 3 heterocycles. The summed E-state index contributed by atoms with van der Waals surface area (Å²) >= 11 is 3.46. The van der Waals surface area contributed by atoms with Crippen molar-refractivity contribution < 1.29 is 0 Å². The summed E-state index contributed by atoms with van der Waals surface area (Å²) in [4.78, 5) is 27.1. The van der Waals surface area contributed by atoms with Crippen molar-refractivity contribution in [3.8, 4) is 0 Å². The summed E-state index contributed by atoms with van der Waals surface area (Å²) in [6, 6.07) is 15.3. The summed E-state index contributed by atoms with van der Waals surface area (Å²) in [5.74, 6) is 0. The molecule has 5 aromatic rings. The highest BCUT2D eigenvalue weighted by atomic mass is 79.9. The molecule has 0 unspecified atom stereocenters. The summed E-state index contributed by atoms with van der Waals surface area (Å²) in [6.45, 7) is 4.07. The molecule has 30 heavy (non-hydrogen) atoms. The zero-order valence-corrected chi connectivity index (χ0v) is 17.3. The van der Waals surface area contributed by atoms with Gasteiger partial charge in [-0.3, -0.25) is 9.36 Å². The van der Waals surface area contributed by atoms with Crippen LogP contribution in [0.2, 0.25) is 0 Å². The summed E-state index contributed by atoms with van der Waals surface area (Å²) in [5.41, 5.74) is 3.49. The third kappa shape index (κ3) is 3.02. The summed E-state index contributed by atoms with van der Waals surface area (Å²) < 4.78 is 4.02. The van der Waals surface area contributed by atoms with Crippen LogP contribution in [0.25, 0.3) is 33.2 Å². The van der Waals surface area contributed by atoms with Crippen molar-refractivity contribution in [2.45, 2.75) is 6.54 Å². The van der Waals surface area contributed by atoms with Crippen molar-refractivity contribution in [2.24, 2.45) is 5.10 Å². The smallest absolute Gasteiger partial charge is 0.265 e. The zero-order valence-electron chi connectivity index (χ0n) is 15.7. The highest BCUT2D eigenvalue weighted by Gasteiger charge is 2.19. The molecule has 3 aromatic heterocycles. The number of allylic oxidation sites excluding steroid dienone is 1. The first kappa shape index (κ1) is 18.4. The minimum Gasteiger partial charge on any atom is -0.295 e. The van der Waals surface area contributed by atoms with Gasteiger partial charge in [0.2, 0.25) is 0 Å². The van der Waals surface area contributed by atoms with Crippen molar-refractivity contribution in [1.82, 2.24) is 24.2 Å². The molecule has 8 heteroatoms. The Balaban J connectivity index is 1.85. The predicted molar refractivity (Wildman–Crippen MR) is 122 cm³/mol. The third-order valence-corrected chi connectivity index (χ3v) is 5.20. The van der Waals surface area contributed by atoms with Crippen molar-refractivity contribution >= 4 is 55.4 Å². The van der Waals surface area contributed by atoms with Crippen molar-refractivity contribution in [3.63, 3.8) is 0 Å². The van der Waals surface area contributed by atoms with E-state index < -0.39 is 0 Å². The Hall–Kier alpha value is -3.65. The maximum Gasteiger partial charge on any atom is 0.265 e. The van der Waals surface area contributed by atoms with Crippen molar-refractivity contribution in [2.75, 3.05) is 0 Å². The van der Waals surface area contributed by atoms with Gasteiger partial charge in [-0.05, 0) is 29.8 Å². The number of benzene rings is 2. The van der Waals surface area contributed by atoms with Crippen LogP contribution in [0.1, 0.15) is 5.56 Å². The van der Waals surface area contributed by atoms with E-state index in [4.69, 9.17) is 9.97 Å².